The number of halogens is 2. The van der Waals surface area contributed by atoms with Gasteiger partial charge in [-0.25, -0.2) is 14.6 Å². The first-order valence-corrected chi connectivity index (χ1v) is 5.83. The Bertz CT molecular complexity index is 435. The van der Waals surface area contributed by atoms with Gasteiger partial charge >= 0.3 is 6.03 Å². The summed E-state index contributed by atoms with van der Waals surface area (Å²) >= 11 is 3.13. The lowest BCUT2D eigenvalue weighted by molar-refractivity contribution is 0.252. The Morgan fingerprint density at radius 3 is 2.82 bits per heavy atom. The first-order chi connectivity index (χ1) is 7.99. The predicted molar refractivity (Wildman–Crippen MR) is 69.6 cm³/mol. The lowest BCUT2D eigenvalue weighted by atomic mass is 10.3. The zero-order valence-corrected chi connectivity index (χ0v) is 11.1. The molecule has 0 heterocycles. The first kappa shape index (κ1) is 13.6. The third-order valence-corrected chi connectivity index (χ3v) is 2.21. The highest BCUT2D eigenvalue weighted by atomic mass is 79.9. The summed E-state index contributed by atoms with van der Waals surface area (Å²) in [6.45, 7) is 3.86. The molecule has 0 aromatic heterocycles. The van der Waals surface area contributed by atoms with E-state index in [0.29, 0.717) is 4.47 Å². The number of hydrazone groups is 1. The molecule has 0 unspecified atom stereocenters. The first-order valence-electron chi connectivity index (χ1n) is 5.04. The summed E-state index contributed by atoms with van der Waals surface area (Å²) in [7, 11) is 0. The van der Waals surface area contributed by atoms with Crippen molar-refractivity contribution in [2.45, 2.75) is 13.8 Å². The van der Waals surface area contributed by atoms with Crippen molar-refractivity contribution in [3.8, 4) is 0 Å². The van der Waals surface area contributed by atoms with Gasteiger partial charge in [-0.15, -0.1) is 0 Å². The number of hydrogen-bond acceptors (Lipinski definition) is 2. The van der Waals surface area contributed by atoms with Crippen molar-refractivity contribution in [2.75, 3.05) is 5.32 Å². The topological polar surface area (TPSA) is 53.5 Å². The van der Waals surface area contributed by atoms with Crippen LogP contribution in [-0.2, 0) is 0 Å². The minimum Gasteiger partial charge on any atom is -0.304 e. The van der Waals surface area contributed by atoms with Gasteiger partial charge in [0.15, 0.2) is 0 Å². The summed E-state index contributed by atoms with van der Waals surface area (Å²) in [4.78, 5) is 11.3. The van der Waals surface area contributed by atoms with Gasteiger partial charge in [0.1, 0.15) is 5.82 Å². The number of nitrogens with zero attached hydrogens (tertiary/aromatic N) is 1. The predicted octanol–water partition coefficient (Wildman–Crippen LogP) is 3.35. The van der Waals surface area contributed by atoms with E-state index in [9.17, 15) is 9.18 Å². The SMILES string of the molecule is CC(C)C=NNC(=O)Nc1ccc(Br)cc1F. The monoisotopic (exact) mass is 301 g/mol. The maximum atomic E-state index is 13.4. The number of carbonyl (C=O) groups excluding carboxylic acids is 1. The lowest BCUT2D eigenvalue weighted by Crippen LogP contribution is -2.24. The number of anilines is 1. The zero-order valence-electron chi connectivity index (χ0n) is 9.50. The van der Waals surface area contributed by atoms with E-state index in [1.165, 1.54) is 12.1 Å². The van der Waals surface area contributed by atoms with Gasteiger partial charge in [0.2, 0.25) is 0 Å². The van der Waals surface area contributed by atoms with Crippen LogP contribution in [0.15, 0.2) is 27.8 Å². The second-order valence-corrected chi connectivity index (χ2v) is 4.63. The van der Waals surface area contributed by atoms with Crippen LogP contribution in [0.5, 0.6) is 0 Å². The number of hydrogen-bond donors (Lipinski definition) is 2. The molecule has 0 radical (unpaired) electrons. The van der Waals surface area contributed by atoms with Gasteiger partial charge in [0.25, 0.3) is 0 Å². The van der Waals surface area contributed by atoms with Crippen LogP contribution in [0.3, 0.4) is 0 Å². The average molecular weight is 302 g/mol. The second-order valence-electron chi connectivity index (χ2n) is 3.71. The fraction of sp³-hybridized carbons (Fsp3) is 0.273. The molecule has 0 aliphatic heterocycles. The number of urea groups is 1. The molecule has 1 aromatic rings. The number of rotatable bonds is 3. The molecule has 0 atom stereocenters. The van der Waals surface area contributed by atoms with Crippen LogP contribution in [0, 0.1) is 11.7 Å². The van der Waals surface area contributed by atoms with Crippen LogP contribution in [0.25, 0.3) is 0 Å². The molecule has 0 spiro atoms. The van der Waals surface area contributed by atoms with Crippen LogP contribution in [0.4, 0.5) is 14.9 Å². The number of benzene rings is 1. The zero-order chi connectivity index (χ0) is 12.8. The van der Waals surface area contributed by atoms with Crippen molar-refractivity contribution < 1.29 is 9.18 Å². The van der Waals surface area contributed by atoms with E-state index in [4.69, 9.17) is 0 Å². The van der Waals surface area contributed by atoms with E-state index in [0.717, 1.165) is 0 Å². The van der Waals surface area contributed by atoms with Gasteiger partial charge in [0.05, 0.1) is 5.69 Å². The fourth-order valence-electron chi connectivity index (χ4n) is 0.986. The van der Waals surface area contributed by atoms with Crippen LogP contribution in [0.2, 0.25) is 0 Å². The normalized spacial score (nSPS) is 10.9. The quantitative estimate of drug-likeness (QED) is 0.653. The van der Waals surface area contributed by atoms with Crippen LogP contribution >= 0.6 is 15.9 Å². The molecule has 1 rings (SSSR count). The molecule has 0 aliphatic carbocycles. The Hall–Kier alpha value is -1.43. The molecule has 0 saturated carbocycles. The molecule has 2 amide bonds. The summed E-state index contributed by atoms with van der Waals surface area (Å²) in [5, 5.41) is 6.05. The Labute approximate surface area is 107 Å². The van der Waals surface area contributed by atoms with Crippen molar-refractivity contribution in [3.63, 3.8) is 0 Å². The molecular weight excluding hydrogens is 289 g/mol. The van der Waals surface area contributed by atoms with Gasteiger partial charge in [-0.05, 0) is 24.1 Å². The fourth-order valence-corrected chi connectivity index (χ4v) is 1.32. The van der Waals surface area contributed by atoms with E-state index >= 15 is 0 Å². The number of amides is 2. The maximum absolute atomic E-state index is 13.4. The van der Waals surface area contributed by atoms with E-state index in [1.54, 1.807) is 12.3 Å². The van der Waals surface area contributed by atoms with Gasteiger partial charge in [-0.2, -0.15) is 5.10 Å². The number of carbonyl (C=O) groups is 1. The van der Waals surface area contributed by atoms with E-state index in [-0.39, 0.29) is 11.6 Å². The maximum Gasteiger partial charge on any atom is 0.339 e. The second kappa shape index (κ2) is 6.34. The molecule has 0 fully saturated rings. The van der Waals surface area contributed by atoms with E-state index in [1.807, 2.05) is 13.8 Å². The van der Waals surface area contributed by atoms with Crippen molar-refractivity contribution in [1.29, 1.82) is 0 Å². The van der Waals surface area contributed by atoms with E-state index in [2.05, 4.69) is 31.8 Å². The summed E-state index contributed by atoms with van der Waals surface area (Å²) < 4.78 is 14.0. The van der Waals surface area contributed by atoms with Crippen molar-refractivity contribution in [2.24, 2.45) is 11.0 Å². The van der Waals surface area contributed by atoms with Crippen molar-refractivity contribution in [1.82, 2.24) is 5.43 Å². The van der Waals surface area contributed by atoms with E-state index < -0.39 is 11.8 Å². The minimum absolute atomic E-state index is 0.102. The van der Waals surface area contributed by atoms with Gasteiger partial charge in [0, 0.05) is 10.7 Å². The largest absolute Gasteiger partial charge is 0.339 e. The molecule has 17 heavy (non-hydrogen) atoms. The van der Waals surface area contributed by atoms with Crippen LogP contribution in [-0.4, -0.2) is 12.2 Å². The van der Waals surface area contributed by atoms with Gasteiger partial charge in [-0.3, -0.25) is 0 Å². The smallest absolute Gasteiger partial charge is 0.304 e. The molecule has 1 aromatic carbocycles. The van der Waals surface area contributed by atoms with Gasteiger partial charge < -0.3 is 5.32 Å². The summed E-state index contributed by atoms with van der Waals surface area (Å²) in [5.74, 6) is -0.276. The summed E-state index contributed by atoms with van der Waals surface area (Å²) in [6.07, 6.45) is 1.58. The van der Waals surface area contributed by atoms with Crippen LogP contribution in [0.1, 0.15) is 13.8 Å². The average Bonchev–Trinajstić information content (AvgIpc) is 2.21. The molecule has 4 nitrogen and oxygen atoms in total. The Morgan fingerprint density at radius 1 is 1.53 bits per heavy atom. The highest BCUT2D eigenvalue weighted by Crippen LogP contribution is 2.18. The Kier molecular flexibility index (Phi) is 5.09. The molecule has 6 heteroatoms. The molecule has 92 valence electrons. The third kappa shape index (κ3) is 4.95. The Balaban J connectivity index is 2.56. The standard InChI is InChI=1S/C11H13BrFN3O/c1-7(2)6-14-16-11(17)15-10-4-3-8(12)5-9(10)13/h3-7H,1-2H3,(H2,15,16,17). The van der Waals surface area contributed by atoms with Crippen molar-refractivity contribution >= 4 is 33.9 Å². The molecule has 0 bridgehead atoms. The lowest BCUT2D eigenvalue weighted by Gasteiger charge is -2.05. The van der Waals surface area contributed by atoms with Crippen LogP contribution < -0.4 is 10.7 Å². The Morgan fingerprint density at radius 2 is 2.24 bits per heavy atom. The summed E-state index contributed by atoms with van der Waals surface area (Å²) in [5.41, 5.74) is 2.35. The highest BCUT2D eigenvalue weighted by molar-refractivity contribution is 9.10. The molecule has 0 aliphatic rings. The molecule has 2 N–H and O–H groups in total. The van der Waals surface area contributed by atoms with Gasteiger partial charge in [-0.1, -0.05) is 29.8 Å². The van der Waals surface area contributed by atoms with Crippen molar-refractivity contribution in [3.05, 3.63) is 28.5 Å². The minimum atomic E-state index is -0.580. The number of nitrogens with one attached hydrogen (secondary N) is 2. The molecule has 0 saturated heterocycles. The highest BCUT2D eigenvalue weighted by Gasteiger charge is 2.05. The summed E-state index contributed by atoms with van der Waals surface area (Å²) in [6, 6.07) is 3.79. The third-order valence-electron chi connectivity index (χ3n) is 1.72. The molecular formula is C11H13BrFN3O.